The zero-order valence-electron chi connectivity index (χ0n) is 3.02. The van der Waals surface area contributed by atoms with Crippen LogP contribution in [0.25, 0.3) is 0 Å². The molecule has 34 valence electrons. The van der Waals surface area contributed by atoms with E-state index in [1.807, 2.05) is 17.5 Å². The molecule has 0 fully saturated rings. The summed E-state index contributed by atoms with van der Waals surface area (Å²) in [5.41, 5.74) is 0. The monoisotopic (exact) mass is 186 g/mol. The number of rotatable bonds is 0. The summed E-state index contributed by atoms with van der Waals surface area (Å²) in [6.45, 7) is 0. The van der Waals surface area contributed by atoms with Crippen molar-refractivity contribution in [2.45, 2.75) is 0 Å². The van der Waals surface area contributed by atoms with Crippen LogP contribution in [0.15, 0.2) is 21.3 Å². The van der Waals surface area contributed by atoms with Crippen LogP contribution in [0.1, 0.15) is 0 Å². The molecule has 0 saturated carbocycles. The van der Waals surface area contributed by atoms with Crippen molar-refractivity contribution < 1.29 is 0 Å². The molecule has 0 nitrogen and oxygen atoms in total. The minimum absolute atomic E-state index is 0. The first-order chi connectivity index (χ1) is 2.89. The van der Waals surface area contributed by atoms with Gasteiger partial charge < -0.3 is 0 Å². The summed E-state index contributed by atoms with van der Waals surface area (Å²) in [6.07, 6.45) is 0. The van der Waals surface area contributed by atoms with Gasteiger partial charge in [0.05, 0.1) is 3.79 Å². The Bertz CT molecular complexity index is 115. The van der Waals surface area contributed by atoms with E-state index in [1.165, 1.54) is 3.79 Å². The zero-order valence-corrected chi connectivity index (χ0v) is 5.42. The first-order valence-corrected chi connectivity index (χ1v) is 3.26. The van der Waals surface area contributed by atoms with Crippen molar-refractivity contribution in [3.05, 3.63) is 21.3 Å². The molecular weight excluding hydrogens is 183 g/mol. The fourth-order valence-corrected chi connectivity index (χ4v) is 1.18. The van der Waals surface area contributed by atoms with E-state index in [-0.39, 0.29) is 29.6 Å². The maximum atomic E-state index is 3.30. The van der Waals surface area contributed by atoms with Crippen molar-refractivity contribution in [2.75, 3.05) is 0 Å². The standard InChI is InChI=1S/C4H3BrS.Na.H/c5-4-2-1-3-6-4;;/h1-3H;;. The van der Waals surface area contributed by atoms with Crippen LogP contribution in [0.2, 0.25) is 0 Å². The van der Waals surface area contributed by atoms with Crippen LogP contribution in [-0.4, -0.2) is 29.6 Å². The van der Waals surface area contributed by atoms with Gasteiger partial charge in [0.1, 0.15) is 0 Å². The van der Waals surface area contributed by atoms with Gasteiger partial charge in [0.2, 0.25) is 0 Å². The van der Waals surface area contributed by atoms with Crippen LogP contribution in [-0.2, 0) is 0 Å². The molecule has 0 aliphatic heterocycles. The van der Waals surface area contributed by atoms with Gasteiger partial charge in [-0.05, 0) is 27.4 Å². The fourth-order valence-electron chi connectivity index (χ4n) is 0.259. The molecule has 1 rings (SSSR count). The molecule has 1 aromatic rings. The Balaban J connectivity index is 0.000000360. The summed E-state index contributed by atoms with van der Waals surface area (Å²) < 4.78 is 1.20. The average molecular weight is 187 g/mol. The molecule has 0 amide bonds. The predicted molar refractivity (Wildman–Crippen MR) is 39.2 cm³/mol. The number of halogens is 1. The first kappa shape index (κ1) is 8.18. The summed E-state index contributed by atoms with van der Waals surface area (Å²) in [5.74, 6) is 0. The summed E-state index contributed by atoms with van der Waals surface area (Å²) in [7, 11) is 0. The van der Waals surface area contributed by atoms with Gasteiger partial charge >= 0.3 is 29.6 Å². The zero-order chi connectivity index (χ0) is 4.41. The van der Waals surface area contributed by atoms with Gasteiger partial charge in [-0.2, -0.15) is 0 Å². The average Bonchev–Trinajstić information content (AvgIpc) is 1.86. The molecule has 0 bridgehead atoms. The van der Waals surface area contributed by atoms with Gasteiger partial charge in [-0.25, -0.2) is 0 Å². The van der Waals surface area contributed by atoms with Crippen molar-refractivity contribution in [1.29, 1.82) is 0 Å². The van der Waals surface area contributed by atoms with Crippen LogP contribution in [0.4, 0.5) is 0 Å². The fraction of sp³-hybridized carbons (Fsp3) is 0. The van der Waals surface area contributed by atoms with Crippen LogP contribution < -0.4 is 0 Å². The second kappa shape index (κ2) is 4.10. The number of hydrogen-bond acceptors (Lipinski definition) is 1. The molecule has 1 aromatic heterocycles. The van der Waals surface area contributed by atoms with Gasteiger partial charge in [0.15, 0.2) is 0 Å². The summed E-state index contributed by atoms with van der Waals surface area (Å²) >= 11 is 4.99. The molecule has 0 atom stereocenters. The van der Waals surface area contributed by atoms with Gasteiger partial charge in [-0.3, -0.25) is 0 Å². The van der Waals surface area contributed by atoms with Crippen molar-refractivity contribution >= 4 is 56.8 Å². The van der Waals surface area contributed by atoms with Crippen molar-refractivity contribution in [1.82, 2.24) is 0 Å². The summed E-state index contributed by atoms with van der Waals surface area (Å²) in [5, 5.41) is 2.03. The van der Waals surface area contributed by atoms with E-state index in [9.17, 15) is 0 Å². The van der Waals surface area contributed by atoms with Crippen molar-refractivity contribution in [3.63, 3.8) is 0 Å². The van der Waals surface area contributed by atoms with Crippen molar-refractivity contribution in [3.8, 4) is 0 Å². The molecule has 0 N–H and O–H groups in total. The molecule has 0 radical (unpaired) electrons. The third kappa shape index (κ3) is 2.88. The molecule has 3 heteroatoms. The summed E-state index contributed by atoms with van der Waals surface area (Å²) in [4.78, 5) is 0. The Kier molecular flexibility index (Phi) is 4.79. The van der Waals surface area contributed by atoms with Gasteiger partial charge in [0, 0.05) is 0 Å². The Hall–Kier alpha value is 1.18. The first-order valence-electron chi connectivity index (χ1n) is 1.58. The molecule has 0 aliphatic carbocycles. The Morgan fingerprint density at radius 2 is 2.29 bits per heavy atom. The molecular formula is C4H4BrNaS. The molecule has 0 saturated heterocycles. The normalized spacial score (nSPS) is 7.57. The van der Waals surface area contributed by atoms with E-state index in [1.54, 1.807) is 11.3 Å². The van der Waals surface area contributed by atoms with E-state index >= 15 is 0 Å². The Morgan fingerprint density at radius 1 is 1.57 bits per heavy atom. The topological polar surface area (TPSA) is 0 Å². The van der Waals surface area contributed by atoms with Crippen LogP contribution in [0.3, 0.4) is 0 Å². The SMILES string of the molecule is Brc1cccs1.[NaH]. The molecule has 0 aliphatic rings. The van der Waals surface area contributed by atoms with E-state index in [0.717, 1.165) is 0 Å². The van der Waals surface area contributed by atoms with E-state index in [4.69, 9.17) is 0 Å². The summed E-state index contributed by atoms with van der Waals surface area (Å²) in [6, 6.07) is 4.03. The van der Waals surface area contributed by atoms with E-state index < -0.39 is 0 Å². The Morgan fingerprint density at radius 3 is 2.43 bits per heavy atom. The maximum absolute atomic E-state index is 3.30. The molecule has 0 spiro atoms. The molecule has 1 heterocycles. The number of hydrogen-bond donors (Lipinski definition) is 0. The van der Waals surface area contributed by atoms with Crippen LogP contribution in [0.5, 0.6) is 0 Å². The molecule has 7 heavy (non-hydrogen) atoms. The third-order valence-electron chi connectivity index (χ3n) is 0.486. The molecule has 0 aromatic carbocycles. The minimum atomic E-state index is 0. The third-order valence-corrected chi connectivity index (χ3v) is 1.97. The quantitative estimate of drug-likeness (QED) is 0.544. The second-order valence-electron chi connectivity index (χ2n) is 0.917. The van der Waals surface area contributed by atoms with E-state index in [2.05, 4.69) is 15.9 Å². The van der Waals surface area contributed by atoms with Gasteiger partial charge in [-0.15, -0.1) is 11.3 Å². The molecule has 0 unspecified atom stereocenters. The van der Waals surface area contributed by atoms with E-state index in [0.29, 0.717) is 0 Å². The van der Waals surface area contributed by atoms with Gasteiger partial charge in [-0.1, -0.05) is 6.07 Å². The van der Waals surface area contributed by atoms with Gasteiger partial charge in [0.25, 0.3) is 0 Å². The van der Waals surface area contributed by atoms with Crippen LogP contribution in [0, 0.1) is 0 Å². The van der Waals surface area contributed by atoms with Crippen LogP contribution >= 0.6 is 27.3 Å². The predicted octanol–water partition coefficient (Wildman–Crippen LogP) is 1.86. The second-order valence-corrected chi connectivity index (χ2v) is 3.24. The van der Waals surface area contributed by atoms with Crippen molar-refractivity contribution in [2.24, 2.45) is 0 Å². The Labute approximate surface area is 77.4 Å². The number of thiophene rings is 1.